The molecule has 1 aliphatic heterocycles. The number of hydrogen-bond donors (Lipinski definition) is 2. The van der Waals surface area contributed by atoms with Gasteiger partial charge in [0, 0.05) is 10.7 Å². The molecule has 1 aliphatic rings. The average Bonchev–Trinajstić information content (AvgIpc) is 2.84. The number of carbonyl (C=O) groups is 2. The minimum atomic E-state index is -0.676. The van der Waals surface area contributed by atoms with Gasteiger partial charge in [-0.15, -0.1) is 0 Å². The number of halogens is 1. The van der Waals surface area contributed by atoms with Crippen LogP contribution in [0.5, 0.6) is 0 Å². The van der Waals surface area contributed by atoms with Gasteiger partial charge < -0.3 is 10.6 Å². The number of carbonyl (C=O) groups excluding carboxylic acids is 2. The number of para-hydroxylation sites is 1. The molecule has 0 aliphatic carbocycles. The van der Waals surface area contributed by atoms with Gasteiger partial charge in [-0.3, -0.25) is 14.5 Å². The number of nitrogens with zero attached hydrogens (tertiary/aromatic N) is 1. The zero-order chi connectivity index (χ0) is 17.1. The normalized spacial score (nSPS) is 16.9. The van der Waals surface area contributed by atoms with Crippen molar-refractivity contribution in [3.05, 3.63) is 59.6 Å². The van der Waals surface area contributed by atoms with E-state index in [2.05, 4.69) is 10.6 Å². The van der Waals surface area contributed by atoms with Crippen LogP contribution in [-0.2, 0) is 9.59 Å². The molecule has 2 N–H and O–H groups in total. The Labute approximate surface area is 149 Å². The number of thiocarbonyl (C=S) groups is 1. The SMILES string of the molecule is O=C(C[C@@H]1NC(=S)N(c2ccccc2)C1=O)Nc1ccc(Cl)cc1. The first kappa shape index (κ1) is 16.4. The lowest BCUT2D eigenvalue weighted by Gasteiger charge is -2.14. The largest absolute Gasteiger partial charge is 0.350 e. The van der Waals surface area contributed by atoms with Crippen LogP contribution in [-0.4, -0.2) is 23.0 Å². The van der Waals surface area contributed by atoms with Crippen LogP contribution in [0.1, 0.15) is 6.42 Å². The Kier molecular flexibility index (Phi) is 4.78. The van der Waals surface area contributed by atoms with E-state index in [9.17, 15) is 9.59 Å². The van der Waals surface area contributed by atoms with Crippen molar-refractivity contribution in [1.82, 2.24) is 5.32 Å². The highest BCUT2D eigenvalue weighted by molar-refractivity contribution is 7.80. The van der Waals surface area contributed by atoms with Gasteiger partial charge in [0.1, 0.15) is 6.04 Å². The molecule has 0 saturated carbocycles. The predicted molar refractivity (Wildman–Crippen MR) is 98.1 cm³/mol. The van der Waals surface area contributed by atoms with Gasteiger partial charge in [-0.05, 0) is 48.6 Å². The summed E-state index contributed by atoms with van der Waals surface area (Å²) in [6.45, 7) is 0. The van der Waals surface area contributed by atoms with Crippen LogP contribution in [0, 0.1) is 0 Å². The van der Waals surface area contributed by atoms with Crippen molar-refractivity contribution in [2.45, 2.75) is 12.5 Å². The van der Waals surface area contributed by atoms with Gasteiger partial charge in [0.25, 0.3) is 5.91 Å². The van der Waals surface area contributed by atoms with Gasteiger partial charge >= 0.3 is 0 Å². The van der Waals surface area contributed by atoms with Gasteiger partial charge in [0.15, 0.2) is 5.11 Å². The summed E-state index contributed by atoms with van der Waals surface area (Å²) in [5.41, 5.74) is 1.30. The van der Waals surface area contributed by atoms with E-state index in [1.54, 1.807) is 36.4 Å². The quantitative estimate of drug-likeness (QED) is 0.824. The molecule has 1 heterocycles. The van der Waals surface area contributed by atoms with Crippen LogP contribution in [0.3, 0.4) is 0 Å². The first-order valence-corrected chi connectivity index (χ1v) is 8.08. The van der Waals surface area contributed by atoms with Crippen LogP contribution in [0.15, 0.2) is 54.6 Å². The molecule has 1 fully saturated rings. The Morgan fingerprint density at radius 2 is 1.83 bits per heavy atom. The zero-order valence-electron chi connectivity index (χ0n) is 12.5. The molecule has 24 heavy (non-hydrogen) atoms. The highest BCUT2D eigenvalue weighted by Crippen LogP contribution is 2.21. The third kappa shape index (κ3) is 3.55. The highest BCUT2D eigenvalue weighted by Gasteiger charge is 2.37. The van der Waals surface area contributed by atoms with E-state index < -0.39 is 6.04 Å². The molecular formula is C17H14ClN3O2S. The number of anilines is 2. The molecule has 2 amide bonds. The summed E-state index contributed by atoms with van der Waals surface area (Å²) >= 11 is 11.0. The molecule has 0 unspecified atom stereocenters. The molecule has 0 radical (unpaired) electrons. The smallest absolute Gasteiger partial charge is 0.256 e. The maximum Gasteiger partial charge on any atom is 0.256 e. The fourth-order valence-corrected chi connectivity index (χ4v) is 2.89. The van der Waals surface area contributed by atoms with Gasteiger partial charge in [-0.2, -0.15) is 0 Å². The molecule has 2 aromatic carbocycles. The Morgan fingerprint density at radius 1 is 1.17 bits per heavy atom. The minimum Gasteiger partial charge on any atom is -0.350 e. The Balaban J connectivity index is 1.65. The second-order valence-corrected chi connectivity index (χ2v) is 6.09. The van der Waals surface area contributed by atoms with Crippen molar-refractivity contribution in [2.24, 2.45) is 0 Å². The summed E-state index contributed by atoms with van der Waals surface area (Å²) in [6, 6.07) is 15.2. The molecule has 0 spiro atoms. The highest BCUT2D eigenvalue weighted by atomic mass is 35.5. The van der Waals surface area contributed by atoms with Crippen molar-refractivity contribution in [2.75, 3.05) is 10.2 Å². The van der Waals surface area contributed by atoms with Crippen molar-refractivity contribution in [3.63, 3.8) is 0 Å². The molecule has 1 atom stereocenters. The number of rotatable bonds is 4. The van der Waals surface area contributed by atoms with Crippen molar-refractivity contribution in [3.8, 4) is 0 Å². The average molecular weight is 360 g/mol. The first-order chi connectivity index (χ1) is 11.5. The van der Waals surface area contributed by atoms with Crippen LogP contribution in [0.4, 0.5) is 11.4 Å². The monoisotopic (exact) mass is 359 g/mol. The molecule has 5 nitrogen and oxygen atoms in total. The van der Waals surface area contributed by atoms with Crippen LogP contribution in [0.2, 0.25) is 5.02 Å². The van der Waals surface area contributed by atoms with E-state index in [-0.39, 0.29) is 18.2 Å². The summed E-state index contributed by atoms with van der Waals surface area (Å²) in [5, 5.41) is 6.53. The van der Waals surface area contributed by atoms with E-state index in [0.29, 0.717) is 21.5 Å². The summed E-state index contributed by atoms with van der Waals surface area (Å²) < 4.78 is 0. The number of nitrogens with one attached hydrogen (secondary N) is 2. The van der Waals surface area contributed by atoms with E-state index in [1.165, 1.54) is 4.90 Å². The van der Waals surface area contributed by atoms with Crippen molar-refractivity contribution >= 4 is 52.1 Å². The number of benzene rings is 2. The lowest BCUT2D eigenvalue weighted by Crippen LogP contribution is -2.34. The third-order valence-electron chi connectivity index (χ3n) is 3.55. The van der Waals surface area contributed by atoms with Crippen LogP contribution < -0.4 is 15.5 Å². The predicted octanol–water partition coefficient (Wildman–Crippen LogP) is 2.96. The molecular weight excluding hydrogens is 346 g/mol. The van der Waals surface area contributed by atoms with Gasteiger partial charge in [-0.25, -0.2) is 0 Å². The minimum absolute atomic E-state index is 0.00899. The fourth-order valence-electron chi connectivity index (χ4n) is 2.42. The summed E-state index contributed by atoms with van der Waals surface area (Å²) in [4.78, 5) is 26.1. The lowest BCUT2D eigenvalue weighted by molar-refractivity contribution is -0.122. The van der Waals surface area contributed by atoms with Crippen molar-refractivity contribution < 1.29 is 9.59 Å². The topological polar surface area (TPSA) is 61.4 Å². The fraction of sp³-hybridized carbons (Fsp3) is 0.118. The van der Waals surface area contributed by atoms with Gasteiger partial charge in [0.05, 0.1) is 12.1 Å². The van der Waals surface area contributed by atoms with Gasteiger partial charge in [-0.1, -0.05) is 29.8 Å². The molecule has 3 rings (SSSR count). The summed E-state index contributed by atoms with van der Waals surface area (Å²) in [5.74, 6) is -0.515. The summed E-state index contributed by atoms with van der Waals surface area (Å²) in [7, 11) is 0. The maximum atomic E-state index is 12.5. The van der Waals surface area contributed by atoms with E-state index in [4.69, 9.17) is 23.8 Å². The first-order valence-electron chi connectivity index (χ1n) is 7.29. The Bertz CT molecular complexity index is 780. The second-order valence-electron chi connectivity index (χ2n) is 5.27. The molecule has 7 heteroatoms. The molecule has 1 saturated heterocycles. The Hall–Kier alpha value is -2.44. The summed E-state index contributed by atoms with van der Waals surface area (Å²) in [6.07, 6.45) is -0.00899. The molecule has 2 aromatic rings. The second kappa shape index (κ2) is 6.98. The van der Waals surface area contributed by atoms with Gasteiger partial charge in [0.2, 0.25) is 5.91 Å². The molecule has 0 bridgehead atoms. The van der Waals surface area contributed by atoms with E-state index in [1.807, 2.05) is 18.2 Å². The maximum absolute atomic E-state index is 12.5. The standard InChI is InChI=1S/C17H14ClN3O2S/c18-11-6-8-12(9-7-11)19-15(22)10-14-16(23)21(17(24)20-14)13-4-2-1-3-5-13/h1-9,14H,10H2,(H,19,22)(H,20,24)/t14-/m0/s1. The Morgan fingerprint density at radius 3 is 2.50 bits per heavy atom. The molecule has 122 valence electrons. The van der Waals surface area contributed by atoms with E-state index in [0.717, 1.165) is 0 Å². The van der Waals surface area contributed by atoms with Crippen LogP contribution >= 0.6 is 23.8 Å². The third-order valence-corrected chi connectivity index (χ3v) is 4.10. The molecule has 0 aromatic heterocycles. The van der Waals surface area contributed by atoms with Crippen molar-refractivity contribution in [1.29, 1.82) is 0 Å². The van der Waals surface area contributed by atoms with Crippen LogP contribution in [0.25, 0.3) is 0 Å². The number of amides is 2. The number of hydrogen-bond acceptors (Lipinski definition) is 3. The van der Waals surface area contributed by atoms with E-state index >= 15 is 0 Å². The zero-order valence-corrected chi connectivity index (χ0v) is 14.1. The lowest BCUT2D eigenvalue weighted by atomic mass is 10.2.